The topological polar surface area (TPSA) is 24.9 Å². The third-order valence-corrected chi connectivity index (χ3v) is 7.24. The normalized spacial score (nSPS) is 21.5. The van der Waals surface area contributed by atoms with Gasteiger partial charge in [-0.15, -0.1) is 0 Å². The molecule has 1 atom stereocenters. The molecule has 0 radical (unpaired) electrons. The third kappa shape index (κ3) is 4.02. The summed E-state index contributed by atoms with van der Waals surface area (Å²) in [6.07, 6.45) is 7.60. The molecule has 4 nitrogen and oxygen atoms in total. The summed E-state index contributed by atoms with van der Waals surface area (Å²) in [5.74, 6) is 2.76. The van der Waals surface area contributed by atoms with Crippen LogP contribution in [0.15, 0.2) is 36.4 Å². The average Bonchev–Trinajstić information content (AvgIpc) is 3.16. The molecule has 1 unspecified atom stereocenters. The van der Waals surface area contributed by atoms with Gasteiger partial charge in [0.15, 0.2) is 0 Å². The Labute approximate surface area is 180 Å². The van der Waals surface area contributed by atoms with E-state index in [4.69, 9.17) is 9.47 Å². The maximum absolute atomic E-state index is 5.80. The molecule has 2 aromatic rings. The molecule has 1 fully saturated rings. The smallest absolute Gasteiger partial charge is 0.142 e. The molecule has 0 amide bonds. The van der Waals surface area contributed by atoms with Crippen LogP contribution < -0.4 is 14.4 Å². The number of benzene rings is 2. The van der Waals surface area contributed by atoms with E-state index in [0.717, 1.165) is 56.6 Å². The molecule has 1 saturated heterocycles. The maximum Gasteiger partial charge on any atom is 0.142 e. The van der Waals surface area contributed by atoms with E-state index < -0.39 is 0 Å². The van der Waals surface area contributed by atoms with Gasteiger partial charge in [0.1, 0.15) is 11.5 Å². The van der Waals surface area contributed by atoms with Crippen LogP contribution in [0.3, 0.4) is 0 Å². The predicted octanol–water partition coefficient (Wildman–Crippen LogP) is 4.65. The van der Waals surface area contributed by atoms with E-state index in [1.807, 2.05) is 0 Å². The summed E-state index contributed by atoms with van der Waals surface area (Å²) >= 11 is 0. The van der Waals surface area contributed by atoms with Gasteiger partial charge in [0.2, 0.25) is 0 Å². The van der Waals surface area contributed by atoms with Gasteiger partial charge in [-0.05, 0) is 55.3 Å². The van der Waals surface area contributed by atoms with Gasteiger partial charge in [-0.3, -0.25) is 4.90 Å². The summed E-state index contributed by atoms with van der Waals surface area (Å²) in [5.41, 5.74) is 5.68. The highest BCUT2D eigenvalue weighted by Crippen LogP contribution is 2.38. The number of hydrogen-bond acceptors (Lipinski definition) is 4. The number of anilines is 1. The van der Waals surface area contributed by atoms with Gasteiger partial charge in [-0.1, -0.05) is 30.7 Å². The number of piperazine rings is 1. The largest absolute Gasteiger partial charge is 0.495 e. The summed E-state index contributed by atoms with van der Waals surface area (Å²) < 4.78 is 11.5. The molecule has 160 valence electrons. The van der Waals surface area contributed by atoms with E-state index in [1.165, 1.54) is 49.9 Å². The second kappa shape index (κ2) is 8.89. The number of rotatable bonds is 5. The molecule has 2 heterocycles. The number of aryl methyl sites for hydroxylation is 1. The van der Waals surface area contributed by atoms with Crippen LogP contribution in [0.1, 0.15) is 48.3 Å². The fraction of sp³-hybridized carbons (Fsp3) is 0.538. The summed E-state index contributed by atoms with van der Waals surface area (Å²) in [5, 5.41) is 0. The predicted molar refractivity (Wildman–Crippen MR) is 122 cm³/mol. The lowest BCUT2D eigenvalue weighted by Crippen LogP contribution is -2.47. The van der Waals surface area contributed by atoms with Crippen molar-refractivity contribution in [2.45, 2.75) is 44.4 Å². The Bertz CT molecular complexity index is 873. The van der Waals surface area contributed by atoms with Crippen molar-refractivity contribution in [3.63, 3.8) is 0 Å². The summed E-state index contributed by atoms with van der Waals surface area (Å²) in [7, 11) is 1.78. The van der Waals surface area contributed by atoms with Crippen LogP contribution in [0.2, 0.25) is 0 Å². The van der Waals surface area contributed by atoms with Crippen molar-refractivity contribution in [1.82, 2.24) is 4.90 Å². The lowest BCUT2D eigenvalue weighted by molar-refractivity contribution is 0.245. The minimum Gasteiger partial charge on any atom is -0.495 e. The Morgan fingerprint density at radius 2 is 1.87 bits per heavy atom. The second-order valence-corrected chi connectivity index (χ2v) is 8.99. The van der Waals surface area contributed by atoms with Gasteiger partial charge in [-0.25, -0.2) is 0 Å². The standard InChI is InChI=1S/C26H34N2O2/c1-29-26-18-22-11-17-30-25(22)19-24(26)28-15-13-27(14-16-28)12-10-21-8-3-2-6-20-7-4-5-9-23(20)21/h4-5,7,9,18-19,21H,2-3,6,8,10-17H2,1H3. The first-order valence-corrected chi connectivity index (χ1v) is 11.7. The van der Waals surface area contributed by atoms with Gasteiger partial charge in [-0.2, -0.15) is 0 Å². The minimum absolute atomic E-state index is 0.732. The van der Waals surface area contributed by atoms with Crippen molar-refractivity contribution < 1.29 is 9.47 Å². The lowest BCUT2D eigenvalue weighted by atomic mass is 9.90. The molecule has 0 saturated carbocycles. The Morgan fingerprint density at radius 3 is 2.73 bits per heavy atom. The van der Waals surface area contributed by atoms with Crippen LogP contribution in [0.5, 0.6) is 11.5 Å². The lowest BCUT2D eigenvalue weighted by Gasteiger charge is -2.37. The first-order valence-electron chi connectivity index (χ1n) is 11.7. The number of methoxy groups -OCH3 is 1. The van der Waals surface area contributed by atoms with E-state index >= 15 is 0 Å². The van der Waals surface area contributed by atoms with Crippen LogP contribution in [0.4, 0.5) is 5.69 Å². The third-order valence-electron chi connectivity index (χ3n) is 7.24. The highest BCUT2D eigenvalue weighted by atomic mass is 16.5. The SMILES string of the molecule is COc1cc2c(cc1N1CCN(CCC3CCCCc4ccccc43)CC1)OCC2. The number of nitrogens with zero attached hydrogens (tertiary/aromatic N) is 2. The molecule has 3 aliphatic rings. The van der Waals surface area contributed by atoms with Crippen LogP contribution in [-0.4, -0.2) is 51.3 Å². The molecule has 0 N–H and O–H groups in total. The summed E-state index contributed by atoms with van der Waals surface area (Å²) in [4.78, 5) is 5.12. The highest BCUT2D eigenvalue weighted by Gasteiger charge is 2.25. The van der Waals surface area contributed by atoms with E-state index in [0.29, 0.717) is 0 Å². The zero-order valence-electron chi connectivity index (χ0n) is 18.2. The first kappa shape index (κ1) is 19.7. The van der Waals surface area contributed by atoms with Gasteiger partial charge in [0.05, 0.1) is 19.4 Å². The zero-order chi connectivity index (χ0) is 20.3. The quantitative estimate of drug-likeness (QED) is 0.675. The van der Waals surface area contributed by atoms with Gasteiger partial charge >= 0.3 is 0 Å². The Balaban J connectivity index is 1.19. The van der Waals surface area contributed by atoms with E-state index in [2.05, 4.69) is 46.2 Å². The molecule has 0 aromatic heterocycles. The highest BCUT2D eigenvalue weighted by molar-refractivity contribution is 5.65. The van der Waals surface area contributed by atoms with Crippen molar-refractivity contribution in [3.8, 4) is 11.5 Å². The maximum atomic E-state index is 5.80. The molecule has 4 heteroatoms. The molecule has 2 aliphatic heterocycles. The van der Waals surface area contributed by atoms with Crippen molar-refractivity contribution in [3.05, 3.63) is 53.1 Å². The van der Waals surface area contributed by atoms with E-state index in [-0.39, 0.29) is 0 Å². The fourth-order valence-corrected chi connectivity index (χ4v) is 5.48. The van der Waals surface area contributed by atoms with E-state index in [1.54, 1.807) is 18.2 Å². The van der Waals surface area contributed by atoms with Crippen LogP contribution >= 0.6 is 0 Å². The van der Waals surface area contributed by atoms with Crippen molar-refractivity contribution in [2.24, 2.45) is 0 Å². The second-order valence-electron chi connectivity index (χ2n) is 8.99. The molecule has 0 bridgehead atoms. The van der Waals surface area contributed by atoms with Crippen LogP contribution in [-0.2, 0) is 12.8 Å². The summed E-state index contributed by atoms with van der Waals surface area (Å²) in [6.45, 7) is 6.34. The average molecular weight is 407 g/mol. The molecule has 1 aliphatic carbocycles. The fourth-order valence-electron chi connectivity index (χ4n) is 5.48. The number of ether oxygens (including phenoxy) is 2. The molecule has 30 heavy (non-hydrogen) atoms. The first-order chi connectivity index (χ1) is 14.8. The van der Waals surface area contributed by atoms with Crippen LogP contribution in [0.25, 0.3) is 0 Å². The molecular weight excluding hydrogens is 372 g/mol. The minimum atomic E-state index is 0.732. The molecule has 5 rings (SSSR count). The van der Waals surface area contributed by atoms with E-state index in [9.17, 15) is 0 Å². The van der Waals surface area contributed by atoms with Gasteiger partial charge in [0, 0.05) is 44.2 Å². The summed E-state index contributed by atoms with van der Waals surface area (Å²) in [6, 6.07) is 13.5. The Hall–Kier alpha value is -2.20. The number of hydrogen-bond donors (Lipinski definition) is 0. The Kier molecular flexibility index (Phi) is 5.85. The van der Waals surface area contributed by atoms with Gasteiger partial charge in [0.25, 0.3) is 0 Å². The molecule has 0 spiro atoms. The van der Waals surface area contributed by atoms with Crippen molar-refractivity contribution >= 4 is 5.69 Å². The molecular formula is C26H34N2O2. The zero-order valence-corrected chi connectivity index (χ0v) is 18.2. The van der Waals surface area contributed by atoms with Gasteiger partial charge < -0.3 is 14.4 Å². The van der Waals surface area contributed by atoms with Crippen molar-refractivity contribution in [2.75, 3.05) is 51.3 Å². The Morgan fingerprint density at radius 1 is 1.00 bits per heavy atom. The van der Waals surface area contributed by atoms with Crippen LogP contribution in [0, 0.1) is 0 Å². The van der Waals surface area contributed by atoms with Crippen molar-refractivity contribution in [1.29, 1.82) is 0 Å². The number of fused-ring (bicyclic) bond motifs is 2. The molecule has 2 aromatic carbocycles. The monoisotopic (exact) mass is 406 g/mol.